The average Bonchev–Trinajstić information content (AvgIpc) is 2.81. The maximum Gasteiger partial charge on any atom is 0.263 e. The van der Waals surface area contributed by atoms with E-state index in [1.54, 1.807) is 30.3 Å². The van der Waals surface area contributed by atoms with E-state index >= 15 is 0 Å². The molecule has 2 aromatic rings. The number of hydrogen-bond donors (Lipinski definition) is 2. The van der Waals surface area contributed by atoms with Gasteiger partial charge in [-0.15, -0.1) is 0 Å². The standard InChI is InChI=1S/C16H11NO3S2/c18-11-3-7-13(8-4-11)20-12-5-1-10(2-6-12)9-14-15(19)17-16(21)22-14/h1-9,18H,(H,17,19,21)/b14-9-. The van der Waals surface area contributed by atoms with Crippen LogP contribution in [0.4, 0.5) is 0 Å². The van der Waals surface area contributed by atoms with Gasteiger partial charge in [-0.25, -0.2) is 0 Å². The third-order valence-corrected chi connectivity index (χ3v) is 4.06. The molecule has 4 nitrogen and oxygen atoms in total. The molecule has 0 unspecified atom stereocenters. The number of phenolic OH excluding ortho intramolecular Hbond substituents is 1. The van der Waals surface area contributed by atoms with Crippen LogP contribution in [0, 0.1) is 0 Å². The molecule has 3 rings (SSSR count). The van der Waals surface area contributed by atoms with E-state index in [-0.39, 0.29) is 11.7 Å². The molecule has 1 aliphatic heterocycles. The summed E-state index contributed by atoms with van der Waals surface area (Å²) in [7, 11) is 0. The Balaban J connectivity index is 1.73. The zero-order valence-corrected chi connectivity index (χ0v) is 12.9. The van der Waals surface area contributed by atoms with Gasteiger partial charge >= 0.3 is 0 Å². The van der Waals surface area contributed by atoms with Gasteiger partial charge in [0, 0.05) is 0 Å². The largest absolute Gasteiger partial charge is 0.508 e. The molecule has 1 fully saturated rings. The number of benzene rings is 2. The minimum absolute atomic E-state index is 0.167. The van der Waals surface area contributed by atoms with E-state index in [0.29, 0.717) is 20.7 Å². The van der Waals surface area contributed by atoms with Crippen LogP contribution in [0.1, 0.15) is 5.56 Å². The van der Waals surface area contributed by atoms with Gasteiger partial charge in [-0.1, -0.05) is 36.1 Å². The predicted octanol–water partition coefficient (Wildman–Crippen LogP) is 3.67. The molecular formula is C16H11NO3S2. The van der Waals surface area contributed by atoms with Crippen molar-refractivity contribution in [1.82, 2.24) is 5.32 Å². The van der Waals surface area contributed by atoms with Crippen LogP contribution in [0.3, 0.4) is 0 Å². The summed E-state index contributed by atoms with van der Waals surface area (Å²) < 4.78 is 6.13. The highest BCUT2D eigenvalue weighted by Gasteiger charge is 2.21. The Kier molecular flexibility index (Phi) is 4.13. The number of aromatic hydroxyl groups is 1. The first-order chi connectivity index (χ1) is 10.6. The number of thiocarbonyl (C=S) groups is 1. The Labute approximate surface area is 136 Å². The number of rotatable bonds is 3. The Bertz CT molecular complexity index is 752. The van der Waals surface area contributed by atoms with Gasteiger partial charge in [0.05, 0.1) is 4.91 Å². The lowest BCUT2D eigenvalue weighted by Gasteiger charge is -2.06. The van der Waals surface area contributed by atoms with Crippen LogP contribution in [0.5, 0.6) is 17.2 Å². The zero-order chi connectivity index (χ0) is 15.5. The minimum Gasteiger partial charge on any atom is -0.508 e. The van der Waals surface area contributed by atoms with Crippen LogP contribution >= 0.6 is 24.0 Å². The summed E-state index contributed by atoms with van der Waals surface area (Å²) in [6, 6.07) is 13.8. The first-order valence-corrected chi connectivity index (χ1v) is 7.64. The molecule has 1 heterocycles. The molecule has 0 saturated carbocycles. The highest BCUT2D eigenvalue weighted by molar-refractivity contribution is 8.26. The Hall–Kier alpha value is -2.31. The number of hydrogen-bond acceptors (Lipinski definition) is 5. The van der Waals surface area contributed by atoms with Crippen LogP contribution in [0.2, 0.25) is 0 Å². The van der Waals surface area contributed by atoms with Crippen molar-refractivity contribution < 1.29 is 14.6 Å². The normalized spacial score (nSPS) is 15.9. The topological polar surface area (TPSA) is 58.6 Å². The van der Waals surface area contributed by atoms with Crippen LogP contribution in [0.25, 0.3) is 6.08 Å². The third-order valence-electron chi connectivity index (χ3n) is 2.89. The molecule has 0 aromatic heterocycles. The quantitative estimate of drug-likeness (QED) is 0.664. The molecule has 0 aliphatic carbocycles. The number of phenols is 1. The molecule has 2 aromatic carbocycles. The maximum absolute atomic E-state index is 11.6. The molecule has 1 saturated heterocycles. The summed E-state index contributed by atoms with van der Waals surface area (Å²) in [6.45, 7) is 0. The molecule has 0 atom stereocenters. The Morgan fingerprint density at radius 1 is 1.05 bits per heavy atom. The van der Waals surface area contributed by atoms with Crippen LogP contribution in [0.15, 0.2) is 53.4 Å². The minimum atomic E-state index is -0.167. The molecule has 110 valence electrons. The van der Waals surface area contributed by atoms with Gasteiger partial charge < -0.3 is 15.2 Å². The van der Waals surface area contributed by atoms with Gasteiger partial charge in [0.2, 0.25) is 0 Å². The number of carbonyl (C=O) groups excluding carboxylic acids is 1. The van der Waals surface area contributed by atoms with Crippen LogP contribution in [-0.4, -0.2) is 15.3 Å². The summed E-state index contributed by atoms with van der Waals surface area (Å²) in [5.41, 5.74) is 0.889. The highest BCUT2D eigenvalue weighted by Crippen LogP contribution is 2.27. The molecule has 1 aliphatic rings. The lowest BCUT2D eigenvalue weighted by molar-refractivity contribution is -0.115. The Morgan fingerprint density at radius 2 is 1.64 bits per heavy atom. The SMILES string of the molecule is O=C1NC(=S)S/C1=C\c1ccc(Oc2ccc(O)cc2)cc1. The summed E-state index contributed by atoms with van der Waals surface area (Å²) in [4.78, 5) is 12.2. The number of ether oxygens (including phenoxy) is 1. The first kappa shape index (κ1) is 14.6. The van der Waals surface area contributed by atoms with Gasteiger partial charge in [0.1, 0.15) is 21.6 Å². The fraction of sp³-hybridized carbons (Fsp3) is 0. The van der Waals surface area contributed by atoms with E-state index in [0.717, 1.165) is 5.56 Å². The fourth-order valence-electron chi connectivity index (χ4n) is 1.85. The monoisotopic (exact) mass is 329 g/mol. The molecule has 2 N–H and O–H groups in total. The molecular weight excluding hydrogens is 318 g/mol. The lowest BCUT2D eigenvalue weighted by atomic mass is 10.2. The first-order valence-electron chi connectivity index (χ1n) is 6.42. The summed E-state index contributed by atoms with van der Waals surface area (Å²) in [5.74, 6) is 1.34. The van der Waals surface area contributed by atoms with Gasteiger partial charge in [-0.05, 0) is 48.0 Å². The van der Waals surface area contributed by atoms with Crippen LogP contribution < -0.4 is 10.1 Å². The number of thioether (sulfide) groups is 1. The van der Waals surface area contributed by atoms with Gasteiger partial charge in [-0.3, -0.25) is 4.79 Å². The fourth-order valence-corrected chi connectivity index (χ4v) is 2.90. The summed E-state index contributed by atoms with van der Waals surface area (Å²) in [5, 5.41) is 11.8. The number of nitrogens with one attached hydrogen (secondary N) is 1. The van der Waals surface area contributed by atoms with Crippen molar-refractivity contribution in [3.05, 3.63) is 59.0 Å². The van der Waals surface area contributed by atoms with Crippen molar-refractivity contribution in [3.63, 3.8) is 0 Å². The van der Waals surface area contributed by atoms with E-state index < -0.39 is 0 Å². The van der Waals surface area contributed by atoms with Crippen molar-refractivity contribution in [1.29, 1.82) is 0 Å². The van der Waals surface area contributed by atoms with Gasteiger partial charge in [-0.2, -0.15) is 0 Å². The van der Waals surface area contributed by atoms with E-state index in [1.807, 2.05) is 24.3 Å². The number of carbonyl (C=O) groups is 1. The highest BCUT2D eigenvalue weighted by atomic mass is 32.2. The molecule has 0 radical (unpaired) electrons. The van der Waals surface area contributed by atoms with Crippen molar-refractivity contribution in [3.8, 4) is 17.2 Å². The zero-order valence-electron chi connectivity index (χ0n) is 11.3. The molecule has 0 spiro atoms. The second-order valence-corrected chi connectivity index (χ2v) is 6.24. The van der Waals surface area contributed by atoms with E-state index in [4.69, 9.17) is 17.0 Å². The second kappa shape index (κ2) is 6.21. The van der Waals surface area contributed by atoms with Crippen molar-refractivity contribution in [2.45, 2.75) is 0 Å². The summed E-state index contributed by atoms with van der Waals surface area (Å²) in [6.07, 6.45) is 1.78. The van der Waals surface area contributed by atoms with Gasteiger partial charge in [0.25, 0.3) is 5.91 Å². The van der Waals surface area contributed by atoms with Crippen molar-refractivity contribution in [2.75, 3.05) is 0 Å². The molecule has 6 heteroatoms. The maximum atomic E-state index is 11.6. The smallest absolute Gasteiger partial charge is 0.263 e. The van der Waals surface area contributed by atoms with Crippen molar-refractivity contribution in [2.24, 2.45) is 0 Å². The number of amides is 1. The van der Waals surface area contributed by atoms with Gasteiger partial charge in [0.15, 0.2) is 0 Å². The van der Waals surface area contributed by atoms with Crippen LogP contribution in [-0.2, 0) is 4.79 Å². The summed E-state index contributed by atoms with van der Waals surface area (Å²) >= 11 is 6.20. The molecule has 1 amide bonds. The second-order valence-electron chi connectivity index (χ2n) is 4.52. The predicted molar refractivity (Wildman–Crippen MR) is 90.9 cm³/mol. The van der Waals surface area contributed by atoms with Crippen molar-refractivity contribution >= 4 is 40.3 Å². The average molecular weight is 329 g/mol. The Morgan fingerprint density at radius 3 is 2.18 bits per heavy atom. The third kappa shape index (κ3) is 3.47. The molecule has 0 bridgehead atoms. The lowest BCUT2D eigenvalue weighted by Crippen LogP contribution is -2.17. The van der Waals surface area contributed by atoms with E-state index in [1.165, 1.54) is 11.8 Å². The van der Waals surface area contributed by atoms with E-state index in [2.05, 4.69) is 5.32 Å². The molecule has 22 heavy (non-hydrogen) atoms. The van der Waals surface area contributed by atoms with E-state index in [9.17, 15) is 9.90 Å².